The van der Waals surface area contributed by atoms with Crippen LogP contribution in [0.15, 0.2) is 36.8 Å². The van der Waals surface area contributed by atoms with E-state index in [1.54, 1.807) is 0 Å². The van der Waals surface area contributed by atoms with Gasteiger partial charge in [-0.05, 0) is 29.1 Å². The summed E-state index contributed by atoms with van der Waals surface area (Å²) < 4.78 is 0. The average Bonchev–Trinajstić information content (AvgIpc) is 3.05. The van der Waals surface area contributed by atoms with Gasteiger partial charge in [0.15, 0.2) is 0 Å². The summed E-state index contributed by atoms with van der Waals surface area (Å²) in [5, 5.41) is 11.3. The first-order valence-electron chi connectivity index (χ1n) is 6.03. The van der Waals surface area contributed by atoms with Gasteiger partial charge in [0.2, 0.25) is 0 Å². The lowest BCUT2D eigenvalue weighted by Gasteiger charge is -2.04. The van der Waals surface area contributed by atoms with Crippen LogP contribution in [0.1, 0.15) is 11.4 Å². The van der Waals surface area contributed by atoms with Crippen molar-refractivity contribution in [3.05, 3.63) is 48.2 Å². The van der Waals surface area contributed by atoms with Gasteiger partial charge in [-0.3, -0.25) is 5.10 Å². The Bertz CT molecular complexity index is 611. The molecule has 0 atom stereocenters. The molecule has 0 saturated heterocycles. The molecule has 0 bridgehead atoms. The molecule has 18 heavy (non-hydrogen) atoms. The molecule has 3 aromatic rings. The third-order valence-corrected chi connectivity index (χ3v) is 2.95. The third-order valence-electron chi connectivity index (χ3n) is 2.95. The number of aromatic nitrogens is 4. The van der Waals surface area contributed by atoms with E-state index in [1.165, 1.54) is 22.8 Å². The Morgan fingerprint density at radius 1 is 1.22 bits per heavy atom. The molecule has 3 rings (SSSR count). The van der Waals surface area contributed by atoms with E-state index >= 15 is 0 Å². The second-order valence-electron chi connectivity index (χ2n) is 4.26. The van der Waals surface area contributed by atoms with Crippen LogP contribution in [0.3, 0.4) is 0 Å². The number of aromatic amines is 2. The molecule has 5 nitrogen and oxygen atoms in total. The van der Waals surface area contributed by atoms with Crippen LogP contribution in [0.5, 0.6) is 0 Å². The van der Waals surface area contributed by atoms with E-state index in [4.69, 9.17) is 0 Å². The molecule has 5 heteroatoms. The van der Waals surface area contributed by atoms with Crippen LogP contribution < -0.4 is 5.32 Å². The quantitative estimate of drug-likeness (QED) is 0.594. The first-order chi connectivity index (χ1) is 8.92. The van der Waals surface area contributed by atoms with Crippen molar-refractivity contribution in [3.63, 3.8) is 0 Å². The number of hydrogen-bond acceptors (Lipinski definition) is 3. The average molecular weight is 241 g/mol. The number of hydrogen-bond donors (Lipinski definition) is 3. The first kappa shape index (κ1) is 11.0. The number of fused-ring (bicyclic) bond motifs is 1. The minimum Gasteiger partial charge on any atom is -0.361 e. The zero-order chi connectivity index (χ0) is 12.2. The maximum absolute atomic E-state index is 4.08. The molecule has 0 amide bonds. The number of nitrogens with one attached hydrogen (secondary N) is 3. The summed E-state index contributed by atoms with van der Waals surface area (Å²) in [6.45, 7) is 1.76. The highest BCUT2D eigenvalue weighted by molar-refractivity contribution is 5.79. The number of benzene rings is 1. The highest BCUT2D eigenvalue weighted by Gasteiger charge is 1.98. The van der Waals surface area contributed by atoms with Crippen molar-refractivity contribution < 1.29 is 0 Å². The van der Waals surface area contributed by atoms with Crippen LogP contribution in [0.2, 0.25) is 0 Å². The summed E-state index contributed by atoms with van der Waals surface area (Å²) in [4.78, 5) is 7.28. The van der Waals surface area contributed by atoms with E-state index in [0.29, 0.717) is 0 Å². The van der Waals surface area contributed by atoms with Gasteiger partial charge in [0.25, 0.3) is 0 Å². The molecule has 1 aromatic carbocycles. The minimum absolute atomic E-state index is 0.867. The highest BCUT2D eigenvalue weighted by Crippen LogP contribution is 2.13. The predicted octanol–water partition coefficient (Wildman–Crippen LogP) is 1.62. The largest absolute Gasteiger partial charge is 0.361 e. The summed E-state index contributed by atoms with van der Waals surface area (Å²) in [5.74, 6) is 0.920. The highest BCUT2D eigenvalue weighted by atomic mass is 15.2. The minimum atomic E-state index is 0.867. The number of H-pyrrole nitrogens is 2. The summed E-state index contributed by atoms with van der Waals surface area (Å²) in [7, 11) is 0. The van der Waals surface area contributed by atoms with Gasteiger partial charge in [0, 0.05) is 31.2 Å². The van der Waals surface area contributed by atoms with Crippen molar-refractivity contribution in [1.29, 1.82) is 0 Å². The molecule has 2 aromatic heterocycles. The monoisotopic (exact) mass is 241 g/mol. The Morgan fingerprint density at radius 3 is 3.11 bits per heavy atom. The maximum Gasteiger partial charge on any atom is 0.137 e. The van der Waals surface area contributed by atoms with Crippen molar-refractivity contribution in [2.24, 2.45) is 0 Å². The molecule has 0 aliphatic heterocycles. The van der Waals surface area contributed by atoms with Gasteiger partial charge < -0.3 is 10.3 Å². The zero-order valence-corrected chi connectivity index (χ0v) is 9.98. The molecule has 0 spiro atoms. The van der Waals surface area contributed by atoms with Crippen LogP contribution in [-0.4, -0.2) is 26.7 Å². The van der Waals surface area contributed by atoms with Crippen LogP contribution in [0.25, 0.3) is 10.9 Å². The van der Waals surface area contributed by atoms with E-state index in [9.17, 15) is 0 Å². The standard InChI is InChI=1S/C13H15N5/c1-2-12-11(3-6-15-12)7-10(1)8-14-5-4-13-16-9-17-18-13/h1-3,6-7,9,14-15H,4-5,8H2,(H,16,17,18). The van der Waals surface area contributed by atoms with Crippen LogP contribution >= 0.6 is 0 Å². The Morgan fingerprint density at radius 2 is 2.22 bits per heavy atom. The van der Waals surface area contributed by atoms with Crippen molar-refractivity contribution in [3.8, 4) is 0 Å². The van der Waals surface area contributed by atoms with E-state index < -0.39 is 0 Å². The Labute approximate surface area is 105 Å². The van der Waals surface area contributed by atoms with Gasteiger partial charge in [-0.2, -0.15) is 5.10 Å². The van der Waals surface area contributed by atoms with Crippen molar-refractivity contribution >= 4 is 10.9 Å². The van der Waals surface area contributed by atoms with Crippen LogP contribution in [0.4, 0.5) is 0 Å². The Kier molecular flexibility index (Phi) is 3.06. The van der Waals surface area contributed by atoms with Crippen LogP contribution in [0, 0.1) is 0 Å². The third kappa shape index (κ3) is 2.41. The van der Waals surface area contributed by atoms with E-state index in [1.807, 2.05) is 6.20 Å². The Balaban J connectivity index is 1.53. The summed E-state index contributed by atoms with van der Waals surface area (Å²) in [6, 6.07) is 8.55. The van der Waals surface area contributed by atoms with Crippen molar-refractivity contribution in [2.45, 2.75) is 13.0 Å². The maximum atomic E-state index is 4.08. The second kappa shape index (κ2) is 5.01. The zero-order valence-electron chi connectivity index (χ0n) is 9.98. The molecular weight excluding hydrogens is 226 g/mol. The lowest BCUT2D eigenvalue weighted by atomic mass is 10.1. The van der Waals surface area contributed by atoms with E-state index in [2.05, 4.69) is 49.7 Å². The van der Waals surface area contributed by atoms with Crippen molar-refractivity contribution in [2.75, 3.05) is 6.54 Å². The normalized spacial score (nSPS) is 11.1. The molecule has 92 valence electrons. The molecule has 0 saturated carbocycles. The molecule has 0 fully saturated rings. The first-order valence-corrected chi connectivity index (χ1v) is 6.03. The molecule has 0 unspecified atom stereocenters. The van der Waals surface area contributed by atoms with Gasteiger partial charge in [-0.25, -0.2) is 4.98 Å². The number of nitrogens with zero attached hydrogens (tertiary/aromatic N) is 2. The van der Waals surface area contributed by atoms with Crippen molar-refractivity contribution in [1.82, 2.24) is 25.5 Å². The molecule has 0 aliphatic rings. The molecule has 3 N–H and O–H groups in total. The Hall–Kier alpha value is -2.14. The van der Waals surface area contributed by atoms with Gasteiger partial charge in [-0.1, -0.05) is 6.07 Å². The fraction of sp³-hybridized carbons (Fsp3) is 0.231. The van der Waals surface area contributed by atoms with Gasteiger partial charge in [-0.15, -0.1) is 0 Å². The van der Waals surface area contributed by atoms with Gasteiger partial charge in [0.1, 0.15) is 12.2 Å². The molecule has 0 radical (unpaired) electrons. The van der Waals surface area contributed by atoms with Crippen LogP contribution in [-0.2, 0) is 13.0 Å². The smallest absolute Gasteiger partial charge is 0.137 e. The van der Waals surface area contributed by atoms with Gasteiger partial charge in [0.05, 0.1) is 0 Å². The lowest BCUT2D eigenvalue weighted by molar-refractivity contribution is 0.672. The summed E-state index contributed by atoms with van der Waals surface area (Å²) in [6.07, 6.45) is 4.37. The predicted molar refractivity (Wildman–Crippen MR) is 70.1 cm³/mol. The van der Waals surface area contributed by atoms with E-state index in [0.717, 1.165) is 25.3 Å². The number of rotatable bonds is 5. The fourth-order valence-electron chi connectivity index (χ4n) is 2.00. The van der Waals surface area contributed by atoms with E-state index in [-0.39, 0.29) is 0 Å². The lowest BCUT2D eigenvalue weighted by Crippen LogP contribution is -2.17. The molecule has 0 aliphatic carbocycles. The fourth-order valence-corrected chi connectivity index (χ4v) is 2.00. The topological polar surface area (TPSA) is 69.4 Å². The SMILES string of the molecule is c1n[nH]c(CCNCc2ccc3[nH]ccc3c2)n1. The summed E-state index contributed by atoms with van der Waals surface area (Å²) >= 11 is 0. The molecular formula is C13H15N5. The second-order valence-corrected chi connectivity index (χ2v) is 4.26. The van der Waals surface area contributed by atoms with Gasteiger partial charge >= 0.3 is 0 Å². The molecule has 2 heterocycles. The summed E-state index contributed by atoms with van der Waals surface area (Å²) in [5.41, 5.74) is 2.47.